The second-order valence-electron chi connectivity index (χ2n) is 1.65. The quantitative estimate of drug-likeness (QED) is 0.604. The average Bonchev–Trinajstić information content (AvgIpc) is 1.94. The maximum atomic E-state index is 2.08. The first-order valence-electron chi connectivity index (χ1n) is 3.41. The molecule has 0 unspecified atom stereocenters. The van der Waals surface area contributed by atoms with Crippen LogP contribution >= 0.6 is 0 Å². The van der Waals surface area contributed by atoms with Crippen molar-refractivity contribution in [3.63, 3.8) is 0 Å². The fraction of sp³-hybridized carbons (Fsp3) is 0.273. The summed E-state index contributed by atoms with van der Waals surface area (Å²) in [7, 11) is 0. The van der Waals surface area contributed by atoms with Gasteiger partial charge in [-0.1, -0.05) is 49.7 Å². The molecular formula is C11H20Y-2. The SMILES string of the molecule is CC.Cc1ccccc1.[CH3-].[CH3-].[Y]. The van der Waals surface area contributed by atoms with Crippen LogP contribution in [0, 0.1) is 21.8 Å². The largest absolute Gasteiger partial charge is 0.358 e. The molecule has 69 valence electrons. The van der Waals surface area contributed by atoms with E-state index in [0.29, 0.717) is 0 Å². The van der Waals surface area contributed by atoms with E-state index in [9.17, 15) is 0 Å². The van der Waals surface area contributed by atoms with E-state index in [-0.39, 0.29) is 47.6 Å². The van der Waals surface area contributed by atoms with E-state index in [1.54, 1.807) is 0 Å². The molecule has 0 aliphatic rings. The van der Waals surface area contributed by atoms with Crippen molar-refractivity contribution < 1.29 is 32.7 Å². The van der Waals surface area contributed by atoms with Gasteiger partial charge >= 0.3 is 0 Å². The van der Waals surface area contributed by atoms with Gasteiger partial charge in [-0.15, -0.1) is 0 Å². The Bertz CT molecular complexity index is 135. The minimum absolute atomic E-state index is 0. The summed E-state index contributed by atoms with van der Waals surface area (Å²) in [5.74, 6) is 0. The van der Waals surface area contributed by atoms with Crippen LogP contribution in [-0.2, 0) is 32.7 Å². The molecule has 0 amide bonds. The second kappa shape index (κ2) is 17.4. The van der Waals surface area contributed by atoms with Crippen molar-refractivity contribution in [1.29, 1.82) is 0 Å². The molecule has 0 saturated heterocycles. The van der Waals surface area contributed by atoms with Crippen molar-refractivity contribution in [2.75, 3.05) is 0 Å². The predicted molar refractivity (Wildman–Crippen MR) is 55.4 cm³/mol. The summed E-state index contributed by atoms with van der Waals surface area (Å²) in [4.78, 5) is 0. The van der Waals surface area contributed by atoms with Gasteiger partial charge in [0.1, 0.15) is 0 Å². The molecule has 0 nitrogen and oxygen atoms in total. The third kappa shape index (κ3) is 13.0. The zero-order valence-corrected chi connectivity index (χ0v) is 11.8. The fourth-order valence-corrected chi connectivity index (χ4v) is 0.534. The summed E-state index contributed by atoms with van der Waals surface area (Å²) in [6, 6.07) is 10.3. The normalized spacial score (nSPS) is 5.58. The molecule has 1 heteroatoms. The van der Waals surface area contributed by atoms with Crippen LogP contribution in [0.5, 0.6) is 0 Å². The van der Waals surface area contributed by atoms with E-state index in [4.69, 9.17) is 0 Å². The first-order chi connectivity index (χ1) is 4.39. The van der Waals surface area contributed by atoms with Crippen LogP contribution < -0.4 is 0 Å². The van der Waals surface area contributed by atoms with Crippen LogP contribution in [0.15, 0.2) is 30.3 Å². The van der Waals surface area contributed by atoms with Gasteiger partial charge < -0.3 is 14.9 Å². The summed E-state index contributed by atoms with van der Waals surface area (Å²) in [5.41, 5.74) is 1.32. The molecule has 0 atom stereocenters. The van der Waals surface area contributed by atoms with Crippen molar-refractivity contribution in [2.24, 2.45) is 0 Å². The van der Waals surface area contributed by atoms with Crippen molar-refractivity contribution in [1.82, 2.24) is 0 Å². The van der Waals surface area contributed by atoms with Gasteiger partial charge in [-0.05, 0) is 6.92 Å². The van der Waals surface area contributed by atoms with E-state index in [1.807, 2.05) is 32.0 Å². The first-order valence-corrected chi connectivity index (χ1v) is 3.41. The minimum Gasteiger partial charge on any atom is -0.358 e. The molecule has 1 radical (unpaired) electrons. The summed E-state index contributed by atoms with van der Waals surface area (Å²) in [5, 5.41) is 0. The molecule has 0 aliphatic carbocycles. The number of hydrogen-bond donors (Lipinski definition) is 0. The van der Waals surface area contributed by atoms with Gasteiger partial charge in [0.2, 0.25) is 0 Å². The van der Waals surface area contributed by atoms with Crippen LogP contribution in [0.2, 0.25) is 0 Å². The van der Waals surface area contributed by atoms with Gasteiger partial charge in [0.05, 0.1) is 0 Å². The Morgan fingerprint density at radius 2 is 1.17 bits per heavy atom. The van der Waals surface area contributed by atoms with Gasteiger partial charge in [-0.2, -0.15) is 0 Å². The third-order valence-corrected chi connectivity index (χ3v) is 0.940. The van der Waals surface area contributed by atoms with Crippen LogP contribution in [0.1, 0.15) is 19.4 Å². The van der Waals surface area contributed by atoms with Gasteiger partial charge in [-0.3, -0.25) is 0 Å². The van der Waals surface area contributed by atoms with Gasteiger partial charge in [0.25, 0.3) is 0 Å². The molecule has 0 aromatic heterocycles. The standard InChI is InChI=1S/C7H8.C2H6.2CH3.Y/c1-7-5-3-2-4-6-7;1-2;;;/h2-6H,1H3;1-2H3;2*1H3;/q;;2*-1;. The van der Waals surface area contributed by atoms with E-state index in [2.05, 4.69) is 19.1 Å². The molecule has 0 aliphatic heterocycles. The number of aryl methyl sites for hydroxylation is 1. The molecule has 1 aromatic carbocycles. The molecule has 12 heavy (non-hydrogen) atoms. The third-order valence-electron chi connectivity index (χ3n) is 0.940. The first kappa shape index (κ1) is 22.8. The molecule has 0 heterocycles. The summed E-state index contributed by atoms with van der Waals surface area (Å²) in [6.07, 6.45) is 0. The Hall–Kier alpha value is 0.324. The van der Waals surface area contributed by atoms with E-state index >= 15 is 0 Å². The summed E-state index contributed by atoms with van der Waals surface area (Å²) < 4.78 is 0. The number of benzene rings is 1. The smallest absolute Gasteiger partial charge is 0 e. The molecular weight excluding hydrogens is 221 g/mol. The topological polar surface area (TPSA) is 0 Å². The van der Waals surface area contributed by atoms with Crippen molar-refractivity contribution in [3.05, 3.63) is 50.7 Å². The number of hydrogen-bond acceptors (Lipinski definition) is 0. The van der Waals surface area contributed by atoms with Crippen molar-refractivity contribution in [2.45, 2.75) is 20.8 Å². The van der Waals surface area contributed by atoms with Crippen LogP contribution in [0.4, 0.5) is 0 Å². The van der Waals surface area contributed by atoms with Crippen LogP contribution in [0.3, 0.4) is 0 Å². The molecule has 0 N–H and O–H groups in total. The van der Waals surface area contributed by atoms with E-state index < -0.39 is 0 Å². The zero-order valence-electron chi connectivity index (χ0n) is 8.96. The summed E-state index contributed by atoms with van der Waals surface area (Å²) in [6.45, 7) is 6.08. The fourth-order valence-electron chi connectivity index (χ4n) is 0.534. The molecule has 1 rings (SSSR count). The molecule has 0 fully saturated rings. The van der Waals surface area contributed by atoms with Crippen LogP contribution in [-0.4, -0.2) is 0 Å². The predicted octanol–water partition coefficient (Wildman–Crippen LogP) is 3.92. The zero-order chi connectivity index (χ0) is 7.11. The summed E-state index contributed by atoms with van der Waals surface area (Å²) >= 11 is 0. The minimum atomic E-state index is 0. The van der Waals surface area contributed by atoms with Crippen molar-refractivity contribution >= 4 is 0 Å². The maximum absolute atomic E-state index is 2.08. The Kier molecular flexibility index (Phi) is 33.1. The average molecular weight is 241 g/mol. The Morgan fingerprint density at radius 3 is 1.33 bits per heavy atom. The molecule has 0 spiro atoms. The molecule has 0 bridgehead atoms. The van der Waals surface area contributed by atoms with E-state index in [0.717, 1.165) is 0 Å². The van der Waals surface area contributed by atoms with Gasteiger partial charge in [0.15, 0.2) is 0 Å². The maximum Gasteiger partial charge on any atom is 0 e. The van der Waals surface area contributed by atoms with Gasteiger partial charge in [0, 0.05) is 32.7 Å². The van der Waals surface area contributed by atoms with E-state index in [1.165, 1.54) is 5.56 Å². The molecule has 1 aromatic rings. The van der Waals surface area contributed by atoms with Crippen molar-refractivity contribution in [3.8, 4) is 0 Å². The Labute approximate surface area is 104 Å². The Balaban J connectivity index is -0.0000000600. The Morgan fingerprint density at radius 1 is 0.833 bits per heavy atom. The van der Waals surface area contributed by atoms with Crippen LogP contribution in [0.25, 0.3) is 0 Å². The monoisotopic (exact) mass is 241 g/mol. The molecule has 0 saturated carbocycles. The van der Waals surface area contributed by atoms with Gasteiger partial charge in [-0.25, -0.2) is 0 Å². The second-order valence-corrected chi connectivity index (χ2v) is 1.65. The number of rotatable bonds is 0.